The maximum Gasteiger partial charge on any atom is 0.207 e. The van der Waals surface area contributed by atoms with Gasteiger partial charge in [-0.1, -0.05) is 6.92 Å². The number of nitrogens with zero attached hydrogens (tertiary/aromatic N) is 4. The summed E-state index contributed by atoms with van der Waals surface area (Å²) in [5.74, 6) is 0. The van der Waals surface area contributed by atoms with Crippen LogP contribution in [0, 0.1) is 11.3 Å². The first-order valence-corrected chi connectivity index (χ1v) is 3.72. The first-order valence-electron chi connectivity index (χ1n) is 3.72. The largest absolute Gasteiger partial charge is 0.331 e. The molecule has 1 unspecified atom stereocenters. The van der Waals surface area contributed by atoms with E-state index in [0.717, 1.165) is 13.0 Å². The molecule has 1 atom stereocenters. The number of hydrogen-bond donors (Lipinski definition) is 0. The Morgan fingerprint density at radius 1 is 1.73 bits per heavy atom. The predicted molar refractivity (Wildman–Crippen MR) is 42.7 cm³/mol. The van der Waals surface area contributed by atoms with E-state index >= 15 is 0 Å². The smallest absolute Gasteiger partial charge is 0.207 e. The molecule has 0 aromatic heterocycles. The first kappa shape index (κ1) is 7.86. The SMILES string of the molecule is CCCN1N=CN(C)C1C#N. The Labute approximate surface area is 66.7 Å². The molecule has 60 valence electrons. The number of nitriles is 1. The van der Waals surface area contributed by atoms with Gasteiger partial charge in [0.05, 0.1) is 0 Å². The van der Waals surface area contributed by atoms with Crippen molar-refractivity contribution in [1.29, 1.82) is 5.26 Å². The summed E-state index contributed by atoms with van der Waals surface area (Å²) in [5, 5.41) is 14.6. The quantitative estimate of drug-likeness (QED) is 0.576. The van der Waals surface area contributed by atoms with Crippen LogP contribution in [0.4, 0.5) is 0 Å². The van der Waals surface area contributed by atoms with Crippen LogP contribution in [0.5, 0.6) is 0 Å². The lowest BCUT2D eigenvalue weighted by atomic mass is 10.4. The van der Waals surface area contributed by atoms with Gasteiger partial charge in [0.2, 0.25) is 6.17 Å². The summed E-state index contributed by atoms with van der Waals surface area (Å²) >= 11 is 0. The molecule has 0 N–H and O–H groups in total. The van der Waals surface area contributed by atoms with Gasteiger partial charge in [0.25, 0.3) is 0 Å². The van der Waals surface area contributed by atoms with Gasteiger partial charge in [-0.25, -0.2) is 0 Å². The monoisotopic (exact) mass is 152 g/mol. The summed E-state index contributed by atoms with van der Waals surface area (Å²) in [6, 6.07) is 2.18. The summed E-state index contributed by atoms with van der Waals surface area (Å²) in [5.41, 5.74) is 0. The van der Waals surface area contributed by atoms with E-state index in [1.54, 1.807) is 16.2 Å². The molecular formula is C7H12N4. The third kappa shape index (κ3) is 1.43. The number of hydrazone groups is 1. The lowest BCUT2D eigenvalue weighted by molar-refractivity contribution is 0.195. The molecule has 0 aromatic carbocycles. The van der Waals surface area contributed by atoms with Crippen LogP contribution in [0.2, 0.25) is 0 Å². The fourth-order valence-electron chi connectivity index (χ4n) is 1.05. The summed E-state index contributed by atoms with van der Waals surface area (Å²) < 4.78 is 0. The second-order valence-electron chi connectivity index (χ2n) is 2.56. The maximum atomic E-state index is 8.72. The van der Waals surface area contributed by atoms with Crippen LogP contribution in [-0.4, -0.2) is 36.0 Å². The van der Waals surface area contributed by atoms with E-state index in [4.69, 9.17) is 5.26 Å². The van der Waals surface area contributed by atoms with Gasteiger partial charge in [0, 0.05) is 13.6 Å². The predicted octanol–water partition coefficient (Wildman–Crippen LogP) is 0.437. The maximum absolute atomic E-state index is 8.72. The van der Waals surface area contributed by atoms with Crippen LogP contribution >= 0.6 is 0 Å². The van der Waals surface area contributed by atoms with Crippen LogP contribution in [0.3, 0.4) is 0 Å². The fourth-order valence-corrected chi connectivity index (χ4v) is 1.05. The van der Waals surface area contributed by atoms with Crippen molar-refractivity contribution in [2.24, 2.45) is 5.10 Å². The van der Waals surface area contributed by atoms with Crippen LogP contribution in [0.15, 0.2) is 5.10 Å². The second kappa shape index (κ2) is 3.24. The van der Waals surface area contributed by atoms with Crippen molar-refractivity contribution in [3.63, 3.8) is 0 Å². The van der Waals surface area contributed by atoms with Gasteiger partial charge in [0.1, 0.15) is 12.4 Å². The molecule has 0 fully saturated rings. The molecule has 11 heavy (non-hydrogen) atoms. The number of hydrogen-bond acceptors (Lipinski definition) is 4. The Hall–Kier alpha value is -1.24. The van der Waals surface area contributed by atoms with Gasteiger partial charge in [0.15, 0.2) is 0 Å². The molecular weight excluding hydrogens is 140 g/mol. The molecule has 0 aliphatic carbocycles. The lowest BCUT2D eigenvalue weighted by Crippen LogP contribution is -2.36. The van der Waals surface area contributed by atoms with E-state index in [0.29, 0.717) is 0 Å². The summed E-state index contributed by atoms with van der Waals surface area (Å²) in [7, 11) is 1.85. The molecule has 1 rings (SSSR count). The van der Waals surface area contributed by atoms with Crippen molar-refractivity contribution in [2.75, 3.05) is 13.6 Å². The van der Waals surface area contributed by atoms with Gasteiger partial charge >= 0.3 is 0 Å². The second-order valence-corrected chi connectivity index (χ2v) is 2.56. The van der Waals surface area contributed by atoms with Crippen molar-refractivity contribution in [3.8, 4) is 6.07 Å². The van der Waals surface area contributed by atoms with Crippen molar-refractivity contribution >= 4 is 6.34 Å². The zero-order valence-corrected chi connectivity index (χ0v) is 6.86. The minimum absolute atomic E-state index is 0.199. The Kier molecular flexibility index (Phi) is 2.32. The normalized spacial score (nSPS) is 22.5. The third-order valence-corrected chi connectivity index (χ3v) is 1.62. The molecule has 0 saturated carbocycles. The van der Waals surface area contributed by atoms with Crippen LogP contribution in [0.25, 0.3) is 0 Å². The van der Waals surface area contributed by atoms with Gasteiger partial charge < -0.3 is 4.90 Å². The van der Waals surface area contributed by atoms with Crippen molar-refractivity contribution in [3.05, 3.63) is 0 Å². The average Bonchev–Trinajstić information content (AvgIpc) is 2.33. The average molecular weight is 152 g/mol. The standard InChI is InChI=1S/C7H12N4/c1-3-4-11-7(5-8)10(2)6-9-11/h6-7H,3-4H2,1-2H3. The third-order valence-electron chi connectivity index (χ3n) is 1.62. The molecule has 0 amide bonds. The summed E-state index contributed by atoms with van der Waals surface area (Å²) in [4.78, 5) is 1.80. The van der Waals surface area contributed by atoms with E-state index in [1.165, 1.54) is 0 Å². The molecule has 4 nitrogen and oxygen atoms in total. The highest BCUT2D eigenvalue weighted by atomic mass is 15.6. The topological polar surface area (TPSA) is 42.6 Å². The highest BCUT2D eigenvalue weighted by molar-refractivity contribution is 5.57. The Morgan fingerprint density at radius 2 is 2.45 bits per heavy atom. The van der Waals surface area contributed by atoms with E-state index in [9.17, 15) is 0 Å². The Balaban J connectivity index is 2.55. The zero-order chi connectivity index (χ0) is 8.27. The molecule has 1 aliphatic rings. The highest BCUT2D eigenvalue weighted by Gasteiger charge is 2.23. The van der Waals surface area contributed by atoms with Crippen molar-refractivity contribution < 1.29 is 0 Å². The van der Waals surface area contributed by atoms with Crippen molar-refractivity contribution in [1.82, 2.24) is 9.91 Å². The first-order chi connectivity index (χ1) is 5.29. The molecule has 0 spiro atoms. The highest BCUT2D eigenvalue weighted by Crippen LogP contribution is 2.09. The van der Waals surface area contributed by atoms with Gasteiger partial charge in [-0.2, -0.15) is 10.4 Å². The van der Waals surface area contributed by atoms with E-state index < -0.39 is 0 Å². The van der Waals surface area contributed by atoms with Crippen molar-refractivity contribution in [2.45, 2.75) is 19.5 Å². The van der Waals surface area contributed by atoms with E-state index in [1.807, 2.05) is 7.05 Å². The van der Waals surface area contributed by atoms with Crippen LogP contribution < -0.4 is 0 Å². The zero-order valence-electron chi connectivity index (χ0n) is 6.86. The minimum atomic E-state index is -0.199. The van der Waals surface area contributed by atoms with Crippen LogP contribution in [-0.2, 0) is 0 Å². The minimum Gasteiger partial charge on any atom is -0.331 e. The molecule has 0 radical (unpaired) electrons. The van der Waals surface area contributed by atoms with Crippen LogP contribution in [0.1, 0.15) is 13.3 Å². The molecule has 1 heterocycles. The summed E-state index contributed by atoms with van der Waals surface area (Å²) in [6.45, 7) is 2.92. The molecule has 1 aliphatic heterocycles. The van der Waals surface area contributed by atoms with Gasteiger partial charge in [-0.05, 0) is 6.42 Å². The molecule has 0 saturated heterocycles. The van der Waals surface area contributed by atoms with E-state index in [-0.39, 0.29) is 6.17 Å². The lowest BCUT2D eigenvalue weighted by Gasteiger charge is -2.20. The van der Waals surface area contributed by atoms with Gasteiger partial charge in [-0.15, -0.1) is 0 Å². The Bertz CT molecular complexity index is 193. The fraction of sp³-hybridized carbons (Fsp3) is 0.714. The van der Waals surface area contributed by atoms with E-state index in [2.05, 4.69) is 18.1 Å². The Morgan fingerprint density at radius 3 is 3.00 bits per heavy atom. The molecule has 0 bridgehead atoms. The number of rotatable bonds is 2. The summed E-state index contributed by atoms with van der Waals surface area (Å²) in [6.07, 6.45) is 2.50. The van der Waals surface area contributed by atoms with Gasteiger partial charge in [-0.3, -0.25) is 5.01 Å². The molecule has 4 heteroatoms. The molecule has 0 aromatic rings.